The Hall–Kier alpha value is -3.00. The summed E-state index contributed by atoms with van der Waals surface area (Å²) in [5, 5.41) is 16.6. The van der Waals surface area contributed by atoms with Crippen molar-refractivity contribution in [3.63, 3.8) is 0 Å². The highest BCUT2D eigenvalue weighted by atomic mass is 35.5. The molecule has 0 bridgehead atoms. The average Bonchev–Trinajstić information content (AvgIpc) is 3.08. The number of halogens is 1. The summed E-state index contributed by atoms with van der Waals surface area (Å²) in [4.78, 5) is 15.3. The Morgan fingerprint density at radius 2 is 2.12 bits per heavy atom. The minimum absolute atomic E-state index is 0.0807. The van der Waals surface area contributed by atoms with Crippen molar-refractivity contribution in [3.05, 3.63) is 46.7 Å². The number of methoxy groups -OCH3 is 2. The Morgan fingerprint density at radius 3 is 2.80 bits per heavy atom. The fourth-order valence-electron chi connectivity index (χ4n) is 2.46. The van der Waals surface area contributed by atoms with E-state index >= 15 is 0 Å². The Balaban J connectivity index is 1.93. The summed E-state index contributed by atoms with van der Waals surface area (Å²) < 4.78 is 11.9. The number of fused-ring (bicyclic) bond motifs is 1. The molecule has 0 aliphatic carbocycles. The molecule has 0 atom stereocenters. The molecular weight excluding hydrogens is 348 g/mol. The molecule has 25 heavy (non-hydrogen) atoms. The first-order valence-corrected chi connectivity index (χ1v) is 7.63. The predicted octanol–water partition coefficient (Wildman–Crippen LogP) is 2.71. The van der Waals surface area contributed by atoms with E-state index in [9.17, 15) is 9.90 Å². The van der Waals surface area contributed by atoms with Gasteiger partial charge >= 0.3 is 5.97 Å². The lowest BCUT2D eigenvalue weighted by molar-refractivity contribution is 0.0698. The fourth-order valence-corrected chi connectivity index (χ4v) is 2.72. The number of aromatic nitrogens is 3. The lowest BCUT2D eigenvalue weighted by Gasteiger charge is -2.13. The third-order valence-electron chi connectivity index (χ3n) is 3.67. The van der Waals surface area contributed by atoms with Crippen molar-refractivity contribution < 1.29 is 19.4 Å². The van der Waals surface area contributed by atoms with Crippen LogP contribution in [0, 0.1) is 0 Å². The topological polar surface area (TPSA) is 98.0 Å². The van der Waals surface area contributed by atoms with Crippen molar-refractivity contribution >= 4 is 29.0 Å². The van der Waals surface area contributed by atoms with E-state index in [4.69, 9.17) is 21.1 Å². The van der Waals surface area contributed by atoms with Crippen LogP contribution in [0.5, 0.6) is 11.5 Å². The van der Waals surface area contributed by atoms with E-state index in [-0.39, 0.29) is 16.2 Å². The van der Waals surface area contributed by atoms with Crippen molar-refractivity contribution in [1.82, 2.24) is 14.6 Å². The van der Waals surface area contributed by atoms with E-state index in [0.717, 1.165) is 5.56 Å². The smallest absolute Gasteiger partial charge is 0.341 e. The number of rotatable bonds is 6. The molecule has 0 fully saturated rings. The lowest BCUT2D eigenvalue weighted by atomic mass is 10.2. The van der Waals surface area contributed by atoms with Crippen molar-refractivity contribution in [2.75, 3.05) is 19.5 Å². The van der Waals surface area contributed by atoms with Gasteiger partial charge in [0, 0.05) is 24.2 Å². The summed E-state index contributed by atoms with van der Waals surface area (Å²) in [5.41, 5.74) is 0.964. The molecule has 0 amide bonds. The van der Waals surface area contributed by atoms with Crippen LogP contribution < -0.4 is 14.8 Å². The van der Waals surface area contributed by atoms with E-state index in [2.05, 4.69) is 15.4 Å². The van der Waals surface area contributed by atoms with Crippen LogP contribution in [0.1, 0.15) is 15.9 Å². The van der Waals surface area contributed by atoms with Crippen LogP contribution in [0.25, 0.3) is 5.65 Å². The molecular formula is C16H15ClN4O4. The molecule has 0 spiro atoms. The number of nitrogens with one attached hydrogen (secondary N) is 1. The summed E-state index contributed by atoms with van der Waals surface area (Å²) in [6, 6.07) is 6.98. The summed E-state index contributed by atoms with van der Waals surface area (Å²) in [5.74, 6) is 0.704. The highest BCUT2D eigenvalue weighted by Crippen LogP contribution is 2.27. The minimum Gasteiger partial charge on any atom is -0.497 e. The second-order valence-corrected chi connectivity index (χ2v) is 5.49. The molecule has 9 heteroatoms. The minimum atomic E-state index is -1.16. The van der Waals surface area contributed by atoms with Crippen molar-refractivity contribution in [2.45, 2.75) is 6.54 Å². The van der Waals surface area contributed by atoms with E-state index in [1.807, 2.05) is 12.1 Å². The zero-order valence-corrected chi connectivity index (χ0v) is 14.2. The first-order chi connectivity index (χ1) is 12.0. The zero-order chi connectivity index (χ0) is 18.0. The van der Waals surface area contributed by atoms with Crippen LogP contribution in [0.3, 0.4) is 0 Å². The van der Waals surface area contributed by atoms with E-state index in [1.165, 1.54) is 16.9 Å². The second-order valence-electron chi connectivity index (χ2n) is 5.08. The van der Waals surface area contributed by atoms with Gasteiger partial charge in [0.15, 0.2) is 5.65 Å². The molecule has 8 nitrogen and oxygen atoms in total. The van der Waals surface area contributed by atoms with Gasteiger partial charge in [-0.25, -0.2) is 9.78 Å². The Labute approximate surface area is 148 Å². The lowest BCUT2D eigenvalue weighted by Crippen LogP contribution is -2.10. The predicted molar refractivity (Wildman–Crippen MR) is 91.8 cm³/mol. The largest absolute Gasteiger partial charge is 0.497 e. The normalized spacial score (nSPS) is 10.7. The van der Waals surface area contributed by atoms with Gasteiger partial charge in [0.05, 0.1) is 19.2 Å². The van der Waals surface area contributed by atoms with Gasteiger partial charge in [0.1, 0.15) is 29.2 Å². The molecule has 2 aromatic heterocycles. The van der Waals surface area contributed by atoms with Gasteiger partial charge in [0.2, 0.25) is 0 Å². The highest BCUT2D eigenvalue weighted by molar-refractivity contribution is 6.34. The maximum atomic E-state index is 11.4. The molecule has 2 heterocycles. The number of hydrogen-bond donors (Lipinski definition) is 2. The summed E-state index contributed by atoms with van der Waals surface area (Å²) in [7, 11) is 3.16. The van der Waals surface area contributed by atoms with Crippen LogP contribution >= 0.6 is 11.6 Å². The number of carboxylic acids is 1. The maximum absolute atomic E-state index is 11.4. The van der Waals surface area contributed by atoms with Gasteiger partial charge in [-0.15, -0.1) is 0 Å². The molecule has 0 saturated carbocycles. The number of anilines is 1. The molecule has 0 radical (unpaired) electrons. The molecule has 3 aromatic rings. The quantitative estimate of drug-likeness (QED) is 0.695. The number of pyridine rings is 1. The molecule has 3 rings (SSSR count). The summed E-state index contributed by atoms with van der Waals surface area (Å²) in [6.07, 6.45) is 1.28. The molecule has 0 unspecified atom stereocenters. The third-order valence-corrected chi connectivity index (χ3v) is 3.97. The van der Waals surface area contributed by atoms with Gasteiger partial charge in [0.25, 0.3) is 0 Å². The first-order valence-electron chi connectivity index (χ1n) is 7.25. The fraction of sp³-hybridized carbons (Fsp3) is 0.188. The number of nitrogens with zero attached hydrogens (tertiary/aromatic N) is 3. The molecule has 0 aliphatic heterocycles. The molecule has 1 aromatic carbocycles. The molecule has 0 saturated heterocycles. The van der Waals surface area contributed by atoms with Gasteiger partial charge in [-0.3, -0.25) is 0 Å². The average molecular weight is 363 g/mol. The Bertz CT molecular complexity index is 941. The SMILES string of the molecule is COc1ccc(CNc2cc(Cl)c(C(=O)O)c3ncnn23)c(OC)c1. The van der Waals surface area contributed by atoms with Gasteiger partial charge < -0.3 is 19.9 Å². The molecule has 0 aliphatic rings. The number of hydrogen-bond acceptors (Lipinski definition) is 6. The number of carboxylic acid groups (broad SMARTS) is 1. The second kappa shape index (κ2) is 6.86. The number of ether oxygens (including phenoxy) is 2. The van der Waals surface area contributed by atoms with Gasteiger partial charge in [-0.1, -0.05) is 11.6 Å². The van der Waals surface area contributed by atoms with Crippen LogP contribution in [0.4, 0.5) is 5.82 Å². The number of benzene rings is 1. The number of aromatic carboxylic acids is 1. The van der Waals surface area contributed by atoms with Gasteiger partial charge in [-0.2, -0.15) is 9.61 Å². The van der Waals surface area contributed by atoms with Crippen molar-refractivity contribution in [3.8, 4) is 11.5 Å². The monoisotopic (exact) mass is 362 g/mol. The van der Waals surface area contributed by atoms with Crippen LogP contribution in [-0.2, 0) is 6.54 Å². The van der Waals surface area contributed by atoms with Crippen LogP contribution in [-0.4, -0.2) is 39.9 Å². The Kier molecular flexibility index (Phi) is 4.62. The zero-order valence-electron chi connectivity index (χ0n) is 13.5. The van der Waals surface area contributed by atoms with Crippen LogP contribution in [0.15, 0.2) is 30.6 Å². The van der Waals surface area contributed by atoms with E-state index in [0.29, 0.717) is 23.9 Å². The highest BCUT2D eigenvalue weighted by Gasteiger charge is 2.19. The maximum Gasteiger partial charge on any atom is 0.341 e. The van der Waals surface area contributed by atoms with Crippen molar-refractivity contribution in [1.29, 1.82) is 0 Å². The number of carbonyl (C=O) groups is 1. The van der Waals surface area contributed by atoms with Crippen LogP contribution in [0.2, 0.25) is 5.02 Å². The summed E-state index contributed by atoms with van der Waals surface area (Å²) in [6.45, 7) is 0.408. The summed E-state index contributed by atoms with van der Waals surface area (Å²) >= 11 is 6.10. The van der Waals surface area contributed by atoms with Crippen molar-refractivity contribution in [2.24, 2.45) is 0 Å². The molecule has 130 valence electrons. The Morgan fingerprint density at radius 1 is 1.32 bits per heavy atom. The van der Waals surface area contributed by atoms with Gasteiger partial charge in [-0.05, 0) is 12.1 Å². The third kappa shape index (κ3) is 3.16. The molecule has 2 N–H and O–H groups in total. The standard InChI is InChI=1S/C16H15ClN4O4/c1-24-10-4-3-9(12(5-10)25-2)7-18-13-6-11(17)14(16(22)23)15-19-8-20-21(13)15/h3-6,8,18H,7H2,1-2H3,(H,22,23). The van der Waals surface area contributed by atoms with E-state index < -0.39 is 5.97 Å². The first kappa shape index (κ1) is 16.8. The van der Waals surface area contributed by atoms with E-state index in [1.54, 1.807) is 20.3 Å².